The maximum atomic E-state index is 4.89. The molecule has 0 aliphatic heterocycles. The molecule has 2 heterocycles. The molecule has 0 aliphatic rings. The molecule has 0 saturated heterocycles. The maximum Gasteiger partial charge on any atom is 0.185 e. The SMILES string of the molecule is CNCc1sc(N(C)Cc2ccsc2)nc1C(C)(C)C. The highest BCUT2D eigenvalue weighted by Gasteiger charge is 2.24. The van der Waals surface area contributed by atoms with Crippen molar-refractivity contribution in [3.63, 3.8) is 0 Å². The molecule has 3 nitrogen and oxygen atoms in total. The fraction of sp³-hybridized carbons (Fsp3) is 0.533. The molecule has 2 aromatic rings. The van der Waals surface area contributed by atoms with Crippen LogP contribution in [0, 0.1) is 0 Å². The van der Waals surface area contributed by atoms with E-state index in [-0.39, 0.29) is 5.41 Å². The predicted octanol–water partition coefficient (Wildman–Crippen LogP) is 3.86. The molecule has 0 radical (unpaired) electrons. The van der Waals surface area contributed by atoms with Gasteiger partial charge in [-0.15, -0.1) is 11.3 Å². The van der Waals surface area contributed by atoms with E-state index in [1.807, 2.05) is 7.05 Å². The van der Waals surface area contributed by atoms with Gasteiger partial charge in [0, 0.05) is 30.4 Å². The van der Waals surface area contributed by atoms with E-state index in [9.17, 15) is 0 Å². The van der Waals surface area contributed by atoms with Gasteiger partial charge in [0.25, 0.3) is 0 Å². The van der Waals surface area contributed by atoms with Gasteiger partial charge in [0.1, 0.15) is 0 Å². The Balaban J connectivity index is 2.23. The average Bonchev–Trinajstić information content (AvgIpc) is 2.97. The molecule has 2 rings (SSSR count). The Hall–Kier alpha value is -0.910. The van der Waals surface area contributed by atoms with Gasteiger partial charge in [-0.25, -0.2) is 4.98 Å². The fourth-order valence-corrected chi connectivity index (χ4v) is 4.00. The summed E-state index contributed by atoms with van der Waals surface area (Å²) in [5, 5.41) is 8.67. The maximum absolute atomic E-state index is 4.89. The number of anilines is 1. The Labute approximate surface area is 129 Å². The molecule has 0 aromatic carbocycles. The highest BCUT2D eigenvalue weighted by molar-refractivity contribution is 7.15. The minimum atomic E-state index is 0.0875. The van der Waals surface area contributed by atoms with Crippen LogP contribution >= 0.6 is 22.7 Å². The van der Waals surface area contributed by atoms with E-state index in [1.54, 1.807) is 22.7 Å². The standard InChI is InChI=1S/C15H23N3S2/c1-15(2,3)13-12(8-16-4)20-14(17-13)18(5)9-11-6-7-19-10-11/h6-7,10,16H,8-9H2,1-5H3. The zero-order valence-corrected chi connectivity index (χ0v) is 14.5. The molecule has 5 heteroatoms. The average molecular weight is 310 g/mol. The molecule has 1 N–H and O–H groups in total. The van der Waals surface area contributed by atoms with Crippen molar-refractivity contribution in [1.29, 1.82) is 0 Å². The van der Waals surface area contributed by atoms with Crippen molar-refractivity contribution in [2.75, 3.05) is 19.0 Å². The van der Waals surface area contributed by atoms with Crippen LogP contribution in [0.1, 0.15) is 36.9 Å². The van der Waals surface area contributed by atoms with Crippen LogP contribution in [0.3, 0.4) is 0 Å². The summed E-state index contributed by atoms with van der Waals surface area (Å²) < 4.78 is 0. The van der Waals surface area contributed by atoms with Gasteiger partial charge in [-0.3, -0.25) is 0 Å². The van der Waals surface area contributed by atoms with Gasteiger partial charge in [-0.05, 0) is 29.4 Å². The Morgan fingerprint density at radius 3 is 2.65 bits per heavy atom. The van der Waals surface area contributed by atoms with Crippen molar-refractivity contribution in [3.05, 3.63) is 33.0 Å². The van der Waals surface area contributed by atoms with E-state index in [0.717, 1.165) is 18.2 Å². The van der Waals surface area contributed by atoms with Crippen molar-refractivity contribution >= 4 is 27.8 Å². The third-order valence-electron chi connectivity index (χ3n) is 3.06. The topological polar surface area (TPSA) is 28.2 Å². The lowest BCUT2D eigenvalue weighted by Crippen LogP contribution is -2.18. The predicted molar refractivity (Wildman–Crippen MR) is 90.0 cm³/mol. The Morgan fingerprint density at radius 1 is 1.35 bits per heavy atom. The second kappa shape index (κ2) is 6.24. The van der Waals surface area contributed by atoms with E-state index in [0.29, 0.717) is 0 Å². The van der Waals surface area contributed by atoms with Gasteiger partial charge < -0.3 is 10.2 Å². The quantitative estimate of drug-likeness (QED) is 0.909. The number of nitrogens with one attached hydrogen (secondary N) is 1. The van der Waals surface area contributed by atoms with Crippen molar-refractivity contribution < 1.29 is 0 Å². The minimum Gasteiger partial charge on any atom is -0.347 e. The first-order valence-corrected chi connectivity index (χ1v) is 8.54. The van der Waals surface area contributed by atoms with Crippen LogP contribution in [0.5, 0.6) is 0 Å². The molecule has 20 heavy (non-hydrogen) atoms. The first kappa shape index (κ1) is 15.5. The molecule has 2 aromatic heterocycles. The lowest BCUT2D eigenvalue weighted by molar-refractivity contribution is 0.563. The van der Waals surface area contributed by atoms with Crippen molar-refractivity contribution in [2.45, 2.75) is 39.3 Å². The summed E-state index contributed by atoms with van der Waals surface area (Å²) >= 11 is 3.54. The van der Waals surface area contributed by atoms with Crippen molar-refractivity contribution in [2.24, 2.45) is 0 Å². The number of thiophene rings is 1. The van der Waals surface area contributed by atoms with Crippen molar-refractivity contribution in [1.82, 2.24) is 10.3 Å². The molecule has 0 fully saturated rings. The van der Waals surface area contributed by atoms with Crippen molar-refractivity contribution in [3.8, 4) is 0 Å². The van der Waals surface area contributed by atoms with Gasteiger partial charge in [0.05, 0.1) is 5.69 Å². The van der Waals surface area contributed by atoms with Crippen LogP contribution in [-0.2, 0) is 18.5 Å². The van der Waals surface area contributed by atoms with E-state index >= 15 is 0 Å². The van der Waals surface area contributed by atoms with Gasteiger partial charge in [0.2, 0.25) is 0 Å². The van der Waals surface area contributed by atoms with Crippen LogP contribution in [0.2, 0.25) is 0 Å². The molecule has 0 aliphatic carbocycles. The van der Waals surface area contributed by atoms with Gasteiger partial charge in [-0.1, -0.05) is 20.8 Å². The van der Waals surface area contributed by atoms with Gasteiger partial charge >= 0.3 is 0 Å². The number of hydrogen-bond donors (Lipinski definition) is 1. The first-order chi connectivity index (χ1) is 9.41. The van der Waals surface area contributed by atoms with E-state index < -0.39 is 0 Å². The third kappa shape index (κ3) is 3.59. The number of aromatic nitrogens is 1. The van der Waals surface area contributed by atoms with Crippen LogP contribution in [0.25, 0.3) is 0 Å². The van der Waals surface area contributed by atoms with Gasteiger partial charge in [0.15, 0.2) is 5.13 Å². The minimum absolute atomic E-state index is 0.0875. The second-order valence-corrected chi connectivity index (χ2v) is 7.88. The summed E-state index contributed by atoms with van der Waals surface area (Å²) in [6.45, 7) is 8.48. The molecule has 0 spiro atoms. The Morgan fingerprint density at radius 2 is 2.10 bits per heavy atom. The summed E-state index contributed by atoms with van der Waals surface area (Å²) in [4.78, 5) is 8.47. The van der Waals surface area contributed by atoms with Gasteiger partial charge in [-0.2, -0.15) is 11.3 Å². The smallest absolute Gasteiger partial charge is 0.185 e. The van der Waals surface area contributed by atoms with Crippen LogP contribution in [0.15, 0.2) is 16.8 Å². The van der Waals surface area contributed by atoms with Crippen LogP contribution in [0.4, 0.5) is 5.13 Å². The highest BCUT2D eigenvalue weighted by Crippen LogP contribution is 2.33. The zero-order valence-electron chi connectivity index (χ0n) is 12.9. The Bertz CT molecular complexity index is 538. The van der Waals surface area contributed by atoms with E-state index in [2.05, 4.69) is 54.9 Å². The number of rotatable bonds is 5. The third-order valence-corrected chi connectivity index (χ3v) is 4.96. The summed E-state index contributed by atoms with van der Waals surface area (Å²) in [5.41, 5.74) is 2.65. The summed E-state index contributed by atoms with van der Waals surface area (Å²) in [5.74, 6) is 0. The molecule has 0 bridgehead atoms. The molecular formula is C15H23N3S2. The molecule has 0 saturated carbocycles. The van der Waals surface area contributed by atoms with E-state index in [1.165, 1.54) is 16.1 Å². The number of hydrogen-bond acceptors (Lipinski definition) is 5. The molecular weight excluding hydrogens is 286 g/mol. The normalized spacial score (nSPS) is 11.8. The van der Waals surface area contributed by atoms with E-state index in [4.69, 9.17) is 4.98 Å². The lowest BCUT2D eigenvalue weighted by Gasteiger charge is -2.18. The molecule has 0 atom stereocenters. The highest BCUT2D eigenvalue weighted by atomic mass is 32.1. The second-order valence-electron chi connectivity index (χ2n) is 6.04. The molecule has 0 amide bonds. The monoisotopic (exact) mass is 309 g/mol. The Kier molecular flexibility index (Phi) is 4.83. The number of thiazole rings is 1. The van der Waals surface area contributed by atoms with Crippen LogP contribution in [-0.4, -0.2) is 19.1 Å². The van der Waals surface area contributed by atoms with Crippen LogP contribution < -0.4 is 10.2 Å². The largest absolute Gasteiger partial charge is 0.347 e. The summed E-state index contributed by atoms with van der Waals surface area (Å²) in [7, 11) is 4.10. The first-order valence-electron chi connectivity index (χ1n) is 6.79. The zero-order chi connectivity index (χ0) is 14.8. The summed E-state index contributed by atoms with van der Waals surface area (Å²) in [6.07, 6.45) is 0. The lowest BCUT2D eigenvalue weighted by atomic mass is 9.91. The number of nitrogens with zero attached hydrogens (tertiary/aromatic N) is 2. The molecule has 110 valence electrons. The summed E-state index contributed by atoms with van der Waals surface area (Å²) in [6, 6.07) is 2.17. The fourth-order valence-electron chi connectivity index (χ4n) is 2.09. The molecule has 0 unspecified atom stereocenters.